The molecule has 1 N–H and O–H groups in total. The van der Waals surface area contributed by atoms with Gasteiger partial charge in [-0.1, -0.05) is 32.9 Å². The summed E-state index contributed by atoms with van der Waals surface area (Å²) in [7, 11) is -3.88. The molecule has 0 radical (unpaired) electrons. The molecule has 0 bridgehead atoms. The van der Waals surface area contributed by atoms with Crippen LogP contribution in [-0.4, -0.2) is 63.0 Å². The van der Waals surface area contributed by atoms with Gasteiger partial charge in [0.2, 0.25) is 0 Å². The van der Waals surface area contributed by atoms with Gasteiger partial charge in [0, 0.05) is 50.4 Å². The van der Waals surface area contributed by atoms with Crippen LogP contribution in [0.2, 0.25) is 0 Å². The lowest BCUT2D eigenvalue weighted by Crippen LogP contribution is -2.42. The minimum Gasteiger partial charge on any atom is -0.465 e. The standard InChI is InChI=1S/C28H37N3O5S/c1-4-21-5-7-23(8-6-21)31(18-20(2)3)37(35,36)24-9-10-26-25(17-24)27(32)13-16-30(26)19-22-11-14-29(15-12-22)28(33)34/h5-10,17,20,22H,4,11-16,18-19H2,1-3H3,(H,33,34). The van der Waals surface area contributed by atoms with Crippen molar-refractivity contribution in [2.45, 2.75) is 51.3 Å². The number of hydrogen-bond donors (Lipinski definition) is 1. The van der Waals surface area contributed by atoms with Crippen LogP contribution in [0.4, 0.5) is 16.2 Å². The third-order valence-corrected chi connectivity index (χ3v) is 9.12. The molecule has 2 aliphatic heterocycles. The first-order valence-corrected chi connectivity index (χ1v) is 14.6. The summed E-state index contributed by atoms with van der Waals surface area (Å²) in [6, 6.07) is 12.5. The summed E-state index contributed by atoms with van der Waals surface area (Å²) in [5, 5.41) is 9.21. The molecule has 200 valence electrons. The number of fused-ring (bicyclic) bond motifs is 1. The summed E-state index contributed by atoms with van der Waals surface area (Å²) >= 11 is 0. The summed E-state index contributed by atoms with van der Waals surface area (Å²) in [5.74, 6) is 0.391. The second-order valence-corrected chi connectivity index (χ2v) is 12.3. The average Bonchev–Trinajstić information content (AvgIpc) is 2.89. The Morgan fingerprint density at radius 2 is 1.76 bits per heavy atom. The molecule has 0 atom stereocenters. The van der Waals surface area contributed by atoms with E-state index < -0.39 is 16.1 Å². The summed E-state index contributed by atoms with van der Waals surface area (Å²) in [5.41, 5.74) is 2.96. The fourth-order valence-corrected chi connectivity index (χ4v) is 6.83. The van der Waals surface area contributed by atoms with Gasteiger partial charge < -0.3 is 14.9 Å². The Kier molecular flexibility index (Phi) is 8.11. The molecule has 0 aromatic heterocycles. The molecule has 2 heterocycles. The van der Waals surface area contributed by atoms with Gasteiger partial charge in [-0.2, -0.15) is 0 Å². The Bertz CT molecular complexity index is 1230. The van der Waals surface area contributed by atoms with Crippen LogP contribution in [0.25, 0.3) is 0 Å². The number of carbonyl (C=O) groups excluding carboxylic acids is 1. The Morgan fingerprint density at radius 3 is 2.35 bits per heavy atom. The van der Waals surface area contributed by atoms with Gasteiger partial charge in [0.25, 0.3) is 10.0 Å². The van der Waals surface area contributed by atoms with Crippen LogP contribution < -0.4 is 9.21 Å². The van der Waals surface area contributed by atoms with Gasteiger partial charge >= 0.3 is 6.09 Å². The zero-order chi connectivity index (χ0) is 26.7. The van der Waals surface area contributed by atoms with Crippen molar-refractivity contribution < 1.29 is 23.1 Å². The predicted molar refractivity (Wildman–Crippen MR) is 145 cm³/mol. The largest absolute Gasteiger partial charge is 0.465 e. The highest BCUT2D eigenvalue weighted by molar-refractivity contribution is 7.92. The van der Waals surface area contributed by atoms with E-state index in [1.165, 1.54) is 9.21 Å². The number of aryl methyl sites for hydroxylation is 1. The van der Waals surface area contributed by atoms with E-state index >= 15 is 0 Å². The Labute approximate surface area is 219 Å². The van der Waals surface area contributed by atoms with Crippen LogP contribution in [0, 0.1) is 11.8 Å². The molecule has 2 aromatic rings. The number of rotatable bonds is 8. The minimum atomic E-state index is -3.88. The van der Waals surface area contributed by atoms with Crippen molar-refractivity contribution in [2.24, 2.45) is 11.8 Å². The second-order valence-electron chi connectivity index (χ2n) is 10.5. The number of benzene rings is 2. The number of Topliss-reactive ketones (excluding diaryl/α,β-unsaturated/α-hetero) is 1. The lowest BCUT2D eigenvalue weighted by Gasteiger charge is -2.37. The molecule has 0 spiro atoms. The van der Waals surface area contributed by atoms with E-state index in [1.54, 1.807) is 18.2 Å². The Balaban J connectivity index is 1.60. The Morgan fingerprint density at radius 1 is 1.08 bits per heavy atom. The number of carboxylic acid groups (broad SMARTS) is 1. The monoisotopic (exact) mass is 527 g/mol. The van der Waals surface area contributed by atoms with Crippen LogP contribution >= 0.6 is 0 Å². The van der Waals surface area contributed by atoms with E-state index in [2.05, 4.69) is 11.8 Å². The normalized spacial score (nSPS) is 16.7. The third kappa shape index (κ3) is 5.92. The number of sulfonamides is 1. The van der Waals surface area contributed by atoms with E-state index in [9.17, 15) is 23.1 Å². The number of piperidine rings is 1. The summed E-state index contributed by atoms with van der Waals surface area (Å²) in [6.07, 6.45) is 1.88. The molecule has 1 fully saturated rings. The molecule has 8 nitrogen and oxygen atoms in total. The molecule has 1 saturated heterocycles. The maximum absolute atomic E-state index is 13.8. The van der Waals surface area contributed by atoms with Gasteiger partial charge in [0.15, 0.2) is 5.78 Å². The van der Waals surface area contributed by atoms with Gasteiger partial charge in [0.1, 0.15) is 0 Å². The first kappa shape index (κ1) is 27.0. The lowest BCUT2D eigenvalue weighted by molar-refractivity contribution is 0.0976. The van der Waals surface area contributed by atoms with Crippen LogP contribution in [-0.2, 0) is 16.4 Å². The van der Waals surface area contributed by atoms with E-state index in [4.69, 9.17) is 0 Å². The van der Waals surface area contributed by atoms with Crippen molar-refractivity contribution in [1.82, 2.24) is 4.90 Å². The molecule has 4 rings (SSSR count). The SMILES string of the molecule is CCc1ccc(N(CC(C)C)S(=O)(=O)c2ccc3c(c2)C(=O)CCN3CC2CCN(C(=O)O)CC2)cc1. The van der Waals surface area contributed by atoms with Gasteiger partial charge in [-0.25, -0.2) is 13.2 Å². The smallest absolute Gasteiger partial charge is 0.407 e. The van der Waals surface area contributed by atoms with E-state index in [-0.39, 0.29) is 16.6 Å². The number of hydrogen-bond acceptors (Lipinski definition) is 5. The average molecular weight is 528 g/mol. The molecule has 9 heteroatoms. The fourth-order valence-electron chi connectivity index (χ4n) is 5.17. The number of likely N-dealkylation sites (tertiary alicyclic amines) is 1. The first-order valence-electron chi connectivity index (χ1n) is 13.1. The van der Waals surface area contributed by atoms with Crippen molar-refractivity contribution in [3.05, 3.63) is 53.6 Å². The fraction of sp³-hybridized carbons (Fsp3) is 0.500. The van der Waals surface area contributed by atoms with Crippen molar-refractivity contribution in [3.63, 3.8) is 0 Å². The maximum Gasteiger partial charge on any atom is 0.407 e. The van der Waals surface area contributed by atoms with Crippen molar-refractivity contribution in [2.75, 3.05) is 41.9 Å². The highest BCUT2D eigenvalue weighted by Gasteiger charge is 2.31. The second kappa shape index (κ2) is 11.1. The van der Waals surface area contributed by atoms with Gasteiger partial charge in [-0.15, -0.1) is 0 Å². The number of ketones is 1. The van der Waals surface area contributed by atoms with Crippen molar-refractivity contribution in [1.29, 1.82) is 0 Å². The molecule has 0 aliphatic carbocycles. The van der Waals surface area contributed by atoms with Crippen molar-refractivity contribution in [3.8, 4) is 0 Å². The summed E-state index contributed by atoms with van der Waals surface area (Å²) in [6.45, 7) is 8.70. The summed E-state index contributed by atoms with van der Waals surface area (Å²) in [4.78, 5) is 27.8. The zero-order valence-corrected chi connectivity index (χ0v) is 22.7. The molecular weight excluding hydrogens is 490 g/mol. The highest BCUT2D eigenvalue weighted by atomic mass is 32.2. The van der Waals surface area contributed by atoms with E-state index in [0.29, 0.717) is 49.8 Å². The van der Waals surface area contributed by atoms with Crippen LogP contribution in [0.3, 0.4) is 0 Å². The quantitative estimate of drug-likeness (QED) is 0.525. The predicted octanol–water partition coefficient (Wildman–Crippen LogP) is 4.88. The number of amides is 1. The van der Waals surface area contributed by atoms with Crippen LogP contribution in [0.5, 0.6) is 0 Å². The number of nitrogens with zero attached hydrogens (tertiary/aromatic N) is 3. The van der Waals surface area contributed by atoms with Crippen molar-refractivity contribution >= 4 is 33.3 Å². The molecule has 1 amide bonds. The molecule has 37 heavy (non-hydrogen) atoms. The van der Waals surface area contributed by atoms with Crippen LogP contribution in [0.15, 0.2) is 47.4 Å². The van der Waals surface area contributed by atoms with Gasteiger partial charge in [0.05, 0.1) is 10.6 Å². The molecule has 2 aliphatic rings. The maximum atomic E-state index is 13.8. The van der Waals surface area contributed by atoms with Gasteiger partial charge in [-0.3, -0.25) is 9.10 Å². The van der Waals surface area contributed by atoms with Gasteiger partial charge in [-0.05, 0) is 67.0 Å². The molecular formula is C28H37N3O5S. The molecule has 0 saturated carbocycles. The first-order chi connectivity index (χ1) is 17.6. The Hall–Kier alpha value is -3.07. The number of anilines is 2. The topological polar surface area (TPSA) is 98.2 Å². The zero-order valence-electron chi connectivity index (χ0n) is 21.9. The van der Waals surface area contributed by atoms with Crippen LogP contribution in [0.1, 0.15) is 56.0 Å². The number of carbonyl (C=O) groups is 2. The summed E-state index contributed by atoms with van der Waals surface area (Å²) < 4.78 is 29.1. The minimum absolute atomic E-state index is 0.0493. The lowest BCUT2D eigenvalue weighted by atomic mass is 9.94. The molecule has 2 aromatic carbocycles. The van der Waals surface area contributed by atoms with E-state index in [1.807, 2.05) is 38.1 Å². The molecule has 0 unspecified atom stereocenters. The third-order valence-electron chi connectivity index (χ3n) is 7.33. The van der Waals surface area contributed by atoms with E-state index in [0.717, 1.165) is 37.1 Å². The highest BCUT2D eigenvalue weighted by Crippen LogP contribution is 2.33.